The molecule has 2 aromatic rings. The lowest BCUT2D eigenvalue weighted by molar-refractivity contribution is 0.0921. The van der Waals surface area contributed by atoms with Crippen LogP contribution in [-0.2, 0) is 22.7 Å². The lowest BCUT2D eigenvalue weighted by Gasteiger charge is -2.22. The summed E-state index contributed by atoms with van der Waals surface area (Å²) in [5.41, 5.74) is 2.41. The van der Waals surface area contributed by atoms with Crippen LogP contribution in [-0.4, -0.2) is 51.5 Å². The van der Waals surface area contributed by atoms with Gasteiger partial charge in [-0.25, -0.2) is 0 Å². The van der Waals surface area contributed by atoms with E-state index in [9.17, 15) is 0 Å². The Morgan fingerprint density at radius 2 is 1.07 bits per heavy atom. The number of rotatable bonds is 16. The summed E-state index contributed by atoms with van der Waals surface area (Å²) < 4.78 is 11.8. The first kappa shape index (κ1) is 23.5. The highest BCUT2D eigenvalue weighted by Gasteiger charge is 2.11. The number of ether oxygens (including phenoxy) is 2. The second-order valence-corrected chi connectivity index (χ2v) is 7.17. The molecule has 2 rings (SSSR count). The molecule has 5 nitrogen and oxygen atoms in total. The zero-order chi connectivity index (χ0) is 20.6. The minimum absolute atomic E-state index is 0.288. The lowest BCUT2D eigenvalue weighted by atomic mass is 10.2. The van der Waals surface area contributed by atoms with Gasteiger partial charge in [0.15, 0.2) is 0 Å². The van der Waals surface area contributed by atoms with E-state index in [1.165, 1.54) is 11.1 Å². The molecule has 29 heavy (non-hydrogen) atoms. The molecular formula is C24H37N3O2. The van der Waals surface area contributed by atoms with Crippen LogP contribution in [0.1, 0.15) is 25.0 Å². The summed E-state index contributed by atoms with van der Waals surface area (Å²) in [6, 6.07) is 21.2. The molecule has 2 aromatic carbocycles. The molecule has 0 aromatic heterocycles. The monoisotopic (exact) mass is 399 g/mol. The molecule has 0 heterocycles. The number of hydrogen-bond donors (Lipinski definition) is 3. The molecule has 2 unspecified atom stereocenters. The van der Waals surface area contributed by atoms with Crippen molar-refractivity contribution in [3.8, 4) is 0 Å². The molecule has 0 saturated carbocycles. The zero-order valence-corrected chi connectivity index (χ0v) is 17.9. The number of benzene rings is 2. The van der Waals surface area contributed by atoms with Crippen molar-refractivity contribution < 1.29 is 9.47 Å². The van der Waals surface area contributed by atoms with Crippen LogP contribution in [0.2, 0.25) is 0 Å². The predicted molar refractivity (Wildman–Crippen MR) is 120 cm³/mol. The van der Waals surface area contributed by atoms with Gasteiger partial charge in [-0.1, -0.05) is 74.5 Å². The summed E-state index contributed by atoms with van der Waals surface area (Å²) in [5, 5.41) is 10.6. The first-order valence-corrected chi connectivity index (χ1v) is 10.7. The molecular weight excluding hydrogens is 362 g/mol. The van der Waals surface area contributed by atoms with Gasteiger partial charge >= 0.3 is 0 Å². The molecule has 0 bridgehead atoms. The molecule has 2 atom stereocenters. The Balaban J connectivity index is 1.66. The van der Waals surface area contributed by atoms with Crippen LogP contribution in [0.25, 0.3) is 0 Å². The average molecular weight is 400 g/mol. The maximum Gasteiger partial charge on any atom is 0.0717 e. The highest BCUT2D eigenvalue weighted by molar-refractivity contribution is 5.14. The van der Waals surface area contributed by atoms with Gasteiger partial charge < -0.3 is 25.4 Å². The third-order valence-corrected chi connectivity index (χ3v) is 4.63. The molecule has 0 aliphatic carbocycles. The molecule has 160 valence electrons. The normalized spacial score (nSPS) is 13.3. The Bertz CT molecular complexity index is 569. The van der Waals surface area contributed by atoms with Crippen LogP contribution >= 0.6 is 0 Å². The van der Waals surface area contributed by atoms with Gasteiger partial charge in [-0.05, 0) is 24.2 Å². The first-order valence-electron chi connectivity index (χ1n) is 10.7. The molecule has 0 aliphatic rings. The van der Waals surface area contributed by atoms with E-state index in [0.717, 1.165) is 26.2 Å². The van der Waals surface area contributed by atoms with Crippen LogP contribution in [0, 0.1) is 0 Å². The van der Waals surface area contributed by atoms with E-state index in [1.807, 2.05) is 36.4 Å². The third kappa shape index (κ3) is 10.5. The Labute approximate surface area is 176 Å². The molecule has 5 heteroatoms. The van der Waals surface area contributed by atoms with Crippen LogP contribution < -0.4 is 16.0 Å². The van der Waals surface area contributed by atoms with Gasteiger partial charge in [-0.15, -0.1) is 0 Å². The van der Waals surface area contributed by atoms with E-state index in [-0.39, 0.29) is 12.1 Å². The topological polar surface area (TPSA) is 54.5 Å². The van der Waals surface area contributed by atoms with Gasteiger partial charge in [0.2, 0.25) is 0 Å². The summed E-state index contributed by atoms with van der Waals surface area (Å²) in [7, 11) is 0. The fourth-order valence-corrected chi connectivity index (χ4v) is 3.18. The predicted octanol–water partition coefficient (Wildman–Crippen LogP) is 2.97. The molecule has 0 amide bonds. The number of hydrogen-bond acceptors (Lipinski definition) is 5. The van der Waals surface area contributed by atoms with Crippen LogP contribution in [0.3, 0.4) is 0 Å². The second kappa shape index (κ2) is 15.1. The largest absolute Gasteiger partial charge is 0.375 e. The molecule has 0 fully saturated rings. The van der Waals surface area contributed by atoms with Gasteiger partial charge in [0.05, 0.1) is 26.4 Å². The van der Waals surface area contributed by atoms with Crippen molar-refractivity contribution >= 4 is 0 Å². The fraction of sp³-hybridized carbons (Fsp3) is 0.500. The molecule has 0 aliphatic heterocycles. The standard InChI is InChI=1S/C24H37N3O2/c1-3-26-23(19-28-17-21-11-7-5-8-12-21)15-25-16-24(27-4-2)20-29-18-22-13-9-6-10-14-22/h5-14,23-27H,3-4,15-20H2,1-2H3. The fourth-order valence-electron chi connectivity index (χ4n) is 3.18. The van der Waals surface area contributed by atoms with Crippen molar-refractivity contribution in [1.29, 1.82) is 0 Å². The quantitative estimate of drug-likeness (QED) is 0.405. The van der Waals surface area contributed by atoms with Crippen LogP contribution in [0.5, 0.6) is 0 Å². The third-order valence-electron chi connectivity index (χ3n) is 4.63. The number of nitrogens with one attached hydrogen (secondary N) is 3. The highest BCUT2D eigenvalue weighted by atomic mass is 16.5. The van der Waals surface area contributed by atoms with E-state index in [2.05, 4.69) is 54.1 Å². The van der Waals surface area contributed by atoms with E-state index < -0.39 is 0 Å². The van der Waals surface area contributed by atoms with Crippen molar-refractivity contribution in [2.45, 2.75) is 39.1 Å². The molecule has 0 saturated heterocycles. The molecule has 3 N–H and O–H groups in total. The van der Waals surface area contributed by atoms with Crippen molar-refractivity contribution in [2.24, 2.45) is 0 Å². The molecule has 0 radical (unpaired) electrons. The first-order chi connectivity index (χ1) is 14.3. The average Bonchev–Trinajstić information content (AvgIpc) is 2.75. The van der Waals surface area contributed by atoms with Gasteiger partial charge in [-0.2, -0.15) is 0 Å². The minimum Gasteiger partial charge on any atom is -0.375 e. The smallest absolute Gasteiger partial charge is 0.0717 e. The minimum atomic E-state index is 0.288. The van der Waals surface area contributed by atoms with E-state index in [4.69, 9.17) is 9.47 Å². The summed E-state index contributed by atoms with van der Waals surface area (Å²) >= 11 is 0. The Morgan fingerprint density at radius 3 is 1.45 bits per heavy atom. The van der Waals surface area contributed by atoms with Crippen molar-refractivity contribution in [1.82, 2.24) is 16.0 Å². The maximum atomic E-state index is 5.91. The summed E-state index contributed by atoms with van der Waals surface area (Å²) in [6.07, 6.45) is 0. The van der Waals surface area contributed by atoms with Crippen molar-refractivity contribution in [3.05, 3.63) is 71.8 Å². The van der Waals surface area contributed by atoms with E-state index >= 15 is 0 Å². The summed E-state index contributed by atoms with van der Waals surface area (Å²) in [4.78, 5) is 0. The van der Waals surface area contributed by atoms with Gasteiger partial charge in [0.25, 0.3) is 0 Å². The van der Waals surface area contributed by atoms with Crippen molar-refractivity contribution in [2.75, 3.05) is 39.4 Å². The van der Waals surface area contributed by atoms with Crippen molar-refractivity contribution in [3.63, 3.8) is 0 Å². The Kier molecular flexibility index (Phi) is 12.3. The zero-order valence-electron chi connectivity index (χ0n) is 17.9. The van der Waals surface area contributed by atoms with E-state index in [1.54, 1.807) is 0 Å². The lowest BCUT2D eigenvalue weighted by Crippen LogP contribution is -2.47. The summed E-state index contributed by atoms with van der Waals surface area (Å²) in [5.74, 6) is 0. The van der Waals surface area contributed by atoms with E-state index in [0.29, 0.717) is 26.4 Å². The van der Waals surface area contributed by atoms with Gasteiger partial charge in [0, 0.05) is 25.2 Å². The second-order valence-electron chi connectivity index (χ2n) is 7.17. The highest BCUT2D eigenvalue weighted by Crippen LogP contribution is 2.02. The SMILES string of the molecule is CCNC(CNCC(COCc1ccccc1)NCC)COCc1ccccc1. The molecule has 0 spiro atoms. The Hall–Kier alpha value is -1.76. The Morgan fingerprint density at radius 1 is 0.655 bits per heavy atom. The number of likely N-dealkylation sites (N-methyl/N-ethyl adjacent to an activating group) is 2. The van der Waals surface area contributed by atoms with Crippen LogP contribution in [0.15, 0.2) is 60.7 Å². The van der Waals surface area contributed by atoms with Gasteiger partial charge in [0.1, 0.15) is 0 Å². The van der Waals surface area contributed by atoms with Crippen LogP contribution in [0.4, 0.5) is 0 Å². The summed E-state index contributed by atoms with van der Waals surface area (Å²) in [6.45, 7) is 10.5. The maximum absolute atomic E-state index is 5.91. The van der Waals surface area contributed by atoms with Gasteiger partial charge in [-0.3, -0.25) is 0 Å².